The van der Waals surface area contributed by atoms with E-state index in [0.717, 1.165) is 5.75 Å². The van der Waals surface area contributed by atoms with Gasteiger partial charge in [0.1, 0.15) is 25.6 Å². The summed E-state index contributed by atoms with van der Waals surface area (Å²) in [6.07, 6.45) is 0. The summed E-state index contributed by atoms with van der Waals surface area (Å²) in [5.74, 6) is -0.681. The van der Waals surface area contributed by atoms with Crippen molar-refractivity contribution in [2.75, 3.05) is 66.0 Å². The van der Waals surface area contributed by atoms with Crippen LogP contribution in [0.25, 0.3) is 0 Å². The van der Waals surface area contributed by atoms with Gasteiger partial charge < -0.3 is 34.1 Å². The van der Waals surface area contributed by atoms with Crippen LogP contribution in [0.15, 0.2) is 30.3 Å². The van der Waals surface area contributed by atoms with Crippen LogP contribution >= 0.6 is 0 Å². The summed E-state index contributed by atoms with van der Waals surface area (Å²) >= 11 is 0. The van der Waals surface area contributed by atoms with Crippen LogP contribution in [0.5, 0.6) is 5.75 Å². The van der Waals surface area contributed by atoms with E-state index in [2.05, 4.69) is 10.1 Å². The fourth-order valence-corrected chi connectivity index (χ4v) is 1.82. The number of hydrogen-bond donors (Lipinski definition) is 2. The normalized spacial score (nSPS) is 10.5. The number of ether oxygens (including phenoxy) is 5. The molecule has 0 atom stereocenters. The minimum atomic E-state index is -1.11. The summed E-state index contributed by atoms with van der Waals surface area (Å²) in [6.45, 7) is 2.63. The number of carbonyl (C=O) groups excluding carboxylic acids is 1. The van der Waals surface area contributed by atoms with Gasteiger partial charge >= 0.3 is 5.97 Å². The Kier molecular flexibility index (Phi) is 13.5. The fourth-order valence-electron chi connectivity index (χ4n) is 1.82. The zero-order chi connectivity index (χ0) is 19.6. The lowest BCUT2D eigenvalue weighted by atomic mass is 10.3. The summed E-state index contributed by atoms with van der Waals surface area (Å²) in [4.78, 5) is 21.5. The van der Waals surface area contributed by atoms with E-state index in [1.165, 1.54) is 0 Å². The number of carbonyl (C=O) groups is 2. The number of carboxylic acid groups (broad SMARTS) is 1. The molecule has 0 aromatic heterocycles. The Morgan fingerprint density at radius 1 is 0.778 bits per heavy atom. The highest BCUT2D eigenvalue weighted by molar-refractivity contribution is 5.77. The molecule has 0 aliphatic rings. The van der Waals surface area contributed by atoms with Crippen LogP contribution in [0.4, 0.5) is 0 Å². The Hall–Kier alpha value is -2.20. The van der Waals surface area contributed by atoms with E-state index in [-0.39, 0.29) is 12.5 Å². The van der Waals surface area contributed by atoms with Gasteiger partial charge in [-0.15, -0.1) is 0 Å². The molecule has 0 radical (unpaired) electrons. The topological polar surface area (TPSA) is 113 Å². The molecule has 152 valence electrons. The van der Waals surface area contributed by atoms with Gasteiger partial charge in [0.15, 0.2) is 0 Å². The van der Waals surface area contributed by atoms with Crippen LogP contribution in [0, 0.1) is 0 Å². The van der Waals surface area contributed by atoms with Crippen LogP contribution in [0.3, 0.4) is 0 Å². The number of hydrogen-bond acceptors (Lipinski definition) is 7. The Balaban J connectivity index is 1.76. The molecule has 0 fully saturated rings. The highest BCUT2D eigenvalue weighted by atomic mass is 16.6. The van der Waals surface area contributed by atoms with E-state index in [0.29, 0.717) is 52.8 Å². The summed E-state index contributed by atoms with van der Waals surface area (Å²) in [5, 5.41) is 10.9. The minimum absolute atomic E-state index is 0.286. The molecule has 27 heavy (non-hydrogen) atoms. The van der Waals surface area contributed by atoms with Crippen molar-refractivity contribution in [1.29, 1.82) is 0 Å². The van der Waals surface area contributed by atoms with Gasteiger partial charge in [-0.05, 0) is 12.1 Å². The number of carboxylic acids is 1. The average Bonchev–Trinajstić information content (AvgIpc) is 2.66. The van der Waals surface area contributed by atoms with Crippen LogP contribution in [0.1, 0.15) is 0 Å². The van der Waals surface area contributed by atoms with Gasteiger partial charge in [0.05, 0.1) is 39.6 Å². The first kappa shape index (κ1) is 22.8. The molecule has 0 spiro atoms. The minimum Gasteiger partial charge on any atom is -0.491 e. The van der Waals surface area contributed by atoms with E-state index in [1.54, 1.807) is 0 Å². The van der Waals surface area contributed by atoms with Crippen molar-refractivity contribution >= 4 is 11.9 Å². The van der Waals surface area contributed by atoms with Gasteiger partial charge in [-0.25, -0.2) is 4.79 Å². The quantitative estimate of drug-likeness (QED) is 0.369. The Morgan fingerprint density at radius 3 is 2.00 bits per heavy atom. The summed E-state index contributed by atoms with van der Waals surface area (Å²) in [5.41, 5.74) is 0. The van der Waals surface area contributed by atoms with Crippen LogP contribution < -0.4 is 10.1 Å². The van der Waals surface area contributed by atoms with E-state index < -0.39 is 12.6 Å². The van der Waals surface area contributed by atoms with Crippen LogP contribution in [0.2, 0.25) is 0 Å². The maximum Gasteiger partial charge on any atom is 0.329 e. The van der Waals surface area contributed by atoms with Gasteiger partial charge in [-0.2, -0.15) is 0 Å². The SMILES string of the molecule is O=C(O)COCC(=O)NCCOCCOCCOCCOc1ccccc1. The van der Waals surface area contributed by atoms with Crippen molar-refractivity contribution in [3.05, 3.63) is 30.3 Å². The fraction of sp³-hybridized carbons (Fsp3) is 0.556. The summed E-state index contributed by atoms with van der Waals surface area (Å²) < 4.78 is 26.2. The molecule has 0 unspecified atom stereocenters. The summed E-state index contributed by atoms with van der Waals surface area (Å²) in [6, 6.07) is 9.54. The summed E-state index contributed by atoms with van der Waals surface area (Å²) in [7, 11) is 0. The number of aliphatic carboxylic acids is 1. The molecule has 0 heterocycles. The standard InChI is InChI=1S/C18H27NO8/c20-17(14-26-15-18(21)22)19-6-7-23-8-9-24-10-11-25-12-13-27-16-4-2-1-3-5-16/h1-5H,6-15H2,(H,19,20)(H,21,22). The van der Waals surface area contributed by atoms with Gasteiger partial charge in [0, 0.05) is 6.54 Å². The van der Waals surface area contributed by atoms with Crippen LogP contribution in [-0.4, -0.2) is 83.0 Å². The van der Waals surface area contributed by atoms with Gasteiger partial charge in [-0.3, -0.25) is 4.79 Å². The molecule has 1 amide bonds. The third-order valence-electron chi connectivity index (χ3n) is 3.01. The number of nitrogens with one attached hydrogen (secondary N) is 1. The zero-order valence-electron chi connectivity index (χ0n) is 15.3. The lowest BCUT2D eigenvalue weighted by Crippen LogP contribution is -2.31. The van der Waals surface area contributed by atoms with Crippen molar-refractivity contribution < 1.29 is 38.4 Å². The van der Waals surface area contributed by atoms with Crippen molar-refractivity contribution in [3.8, 4) is 5.75 Å². The molecule has 0 bridgehead atoms. The maximum atomic E-state index is 11.3. The van der Waals surface area contributed by atoms with Gasteiger partial charge in [-0.1, -0.05) is 18.2 Å². The third kappa shape index (κ3) is 14.6. The van der Waals surface area contributed by atoms with Crippen molar-refractivity contribution in [2.24, 2.45) is 0 Å². The number of benzene rings is 1. The Labute approximate surface area is 158 Å². The molecule has 1 aromatic rings. The number of rotatable bonds is 17. The largest absolute Gasteiger partial charge is 0.491 e. The zero-order valence-corrected chi connectivity index (χ0v) is 15.3. The van der Waals surface area contributed by atoms with Crippen molar-refractivity contribution in [3.63, 3.8) is 0 Å². The highest BCUT2D eigenvalue weighted by Crippen LogP contribution is 2.07. The molecule has 1 aromatic carbocycles. The first-order valence-corrected chi connectivity index (χ1v) is 8.66. The van der Waals surface area contributed by atoms with E-state index >= 15 is 0 Å². The molecule has 0 saturated heterocycles. The maximum absolute atomic E-state index is 11.3. The predicted molar refractivity (Wildman–Crippen MR) is 95.9 cm³/mol. The lowest BCUT2D eigenvalue weighted by molar-refractivity contribution is -0.143. The molecule has 0 saturated carbocycles. The Morgan fingerprint density at radius 2 is 1.37 bits per heavy atom. The van der Waals surface area contributed by atoms with Gasteiger partial charge in [0.25, 0.3) is 0 Å². The molecular weight excluding hydrogens is 358 g/mol. The highest BCUT2D eigenvalue weighted by Gasteiger charge is 2.02. The van der Waals surface area contributed by atoms with Crippen LogP contribution in [-0.2, 0) is 28.5 Å². The molecule has 9 heteroatoms. The van der Waals surface area contributed by atoms with E-state index in [1.807, 2.05) is 30.3 Å². The second-order valence-electron chi connectivity index (χ2n) is 5.24. The molecule has 0 aliphatic heterocycles. The van der Waals surface area contributed by atoms with E-state index in [9.17, 15) is 9.59 Å². The van der Waals surface area contributed by atoms with Gasteiger partial charge in [0.2, 0.25) is 5.91 Å². The predicted octanol–water partition coefficient (Wildman–Crippen LogP) is 0.333. The average molecular weight is 385 g/mol. The third-order valence-corrected chi connectivity index (χ3v) is 3.01. The first-order valence-electron chi connectivity index (χ1n) is 8.66. The van der Waals surface area contributed by atoms with Crippen molar-refractivity contribution in [1.82, 2.24) is 5.32 Å². The molecular formula is C18H27NO8. The Bertz CT molecular complexity index is 511. The molecule has 0 aliphatic carbocycles. The lowest BCUT2D eigenvalue weighted by Gasteiger charge is -2.08. The molecule has 9 nitrogen and oxygen atoms in total. The first-order chi connectivity index (χ1) is 13.2. The second-order valence-corrected chi connectivity index (χ2v) is 5.24. The van der Waals surface area contributed by atoms with Crippen molar-refractivity contribution in [2.45, 2.75) is 0 Å². The smallest absolute Gasteiger partial charge is 0.329 e. The number of para-hydroxylation sites is 1. The number of amides is 1. The monoisotopic (exact) mass is 385 g/mol. The second kappa shape index (κ2) is 16.0. The van der Waals surface area contributed by atoms with E-state index in [4.69, 9.17) is 24.1 Å². The molecule has 1 rings (SSSR count). The molecule has 2 N–H and O–H groups in total.